The van der Waals surface area contributed by atoms with Gasteiger partial charge in [-0.15, -0.1) is 0 Å². The fraction of sp³-hybridized carbons (Fsp3) is 0.341. The summed E-state index contributed by atoms with van der Waals surface area (Å²) in [4.78, 5) is 48.5. The van der Waals surface area contributed by atoms with Gasteiger partial charge in [0, 0.05) is 82.3 Å². The van der Waals surface area contributed by atoms with Crippen LogP contribution in [0.1, 0.15) is 69.7 Å². The number of likely N-dealkylation sites (tertiary alicyclic amines) is 1. The van der Waals surface area contributed by atoms with Gasteiger partial charge in [-0.1, -0.05) is 23.2 Å². The highest BCUT2D eigenvalue weighted by molar-refractivity contribution is 6.30. The van der Waals surface area contributed by atoms with Crippen molar-refractivity contribution < 1.29 is 9.53 Å². The maximum absolute atomic E-state index is 12.4. The molecular weight excluding hydrogens is 735 g/mol. The molecule has 0 aliphatic carbocycles. The highest BCUT2D eigenvalue weighted by atomic mass is 35.5. The van der Waals surface area contributed by atoms with Crippen molar-refractivity contribution in [2.24, 2.45) is 0 Å². The summed E-state index contributed by atoms with van der Waals surface area (Å²) < 4.78 is 5.52. The molecule has 2 aliphatic heterocycles. The number of halogens is 2. The Hall–Kier alpha value is -5.17. The van der Waals surface area contributed by atoms with Crippen LogP contribution < -0.4 is 5.32 Å². The quantitative estimate of drug-likeness (QED) is 0.151. The molecule has 0 unspecified atom stereocenters. The largest absolute Gasteiger partial charge is 0.444 e. The van der Waals surface area contributed by atoms with Crippen molar-refractivity contribution >= 4 is 29.3 Å². The Morgan fingerprint density at radius 1 is 0.673 bits per heavy atom. The first-order chi connectivity index (χ1) is 26.6. The maximum Gasteiger partial charge on any atom is 0.410 e. The molecule has 6 aromatic rings. The molecule has 0 radical (unpaired) electrons. The Bertz CT molecular complexity index is 2160. The number of nitrogens with zero attached hydrogens (tertiary/aromatic N) is 7. The number of nitrogens with one attached hydrogen (secondary N) is 3. The molecule has 0 bridgehead atoms. The van der Waals surface area contributed by atoms with Crippen LogP contribution in [0.3, 0.4) is 0 Å². The van der Waals surface area contributed by atoms with E-state index < -0.39 is 5.60 Å². The number of H-pyrrole nitrogens is 2. The predicted octanol–water partition coefficient (Wildman–Crippen LogP) is 8.96. The third-order valence-corrected chi connectivity index (χ3v) is 10.1. The van der Waals surface area contributed by atoms with Crippen molar-refractivity contribution in [1.29, 1.82) is 0 Å². The number of ether oxygens (including phenoxy) is 1. The first-order valence-corrected chi connectivity index (χ1v) is 19.3. The molecule has 1 amide bonds. The second kappa shape index (κ2) is 17.1. The van der Waals surface area contributed by atoms with E-state index >= 15 is 0 Å². The molecule has 12 nitrogen and oxygen atoms in total. The first-order valence-electron chi connectivity index (χ1n) is 18.6. The molecule has 4 aromatic heterocycles. The standard InChI is InChI=1S/C23H26ClN5O2.C18H18ClN5/c1-23(2,3)31-22(30)29-13-9-15(10-14-29)18-19(21-25-11-4-12-26-21)28-20(27-18)16-5-7-17(24)8-6-16;19-14-4-2-13(3-5-14)17-23-15(12-6-10-20-11-7-12)16(24-17)18-21-8-1-9-22-18/h4-8,11-12,15H,9-10,13-14H2,1-3H3,(H,27,28);1-5,8-9,12,20H,6-7,10-11H2,(H,23,24). The molecule has 2 fully saturated rings. The third-order valence-electron chi connectivity index (χ3n) is 9.56. The third kappa shape index (κ3) is 9.56. The van der Waals surface area contributed by atoms with E-state index in [9.17, 15) is 4.79 Å². The summed E-state index contributed by atoms with van der Waals surface area (Å²) in [6, 6.07) is 18.9. The van der Waals surface area contributed by atoms with Gasteiger partial charge < -0.3 is 24.9 Å². The first kappa shape index (κ1) is 38.1. The summed E-state index contributed by atoms with van der Waals surface area (Å²) >= 11 is 12.0. The van der Waals surface area contributed by atoms with Gasteiger partial charge in [-0.3, -0.25) is 0 Å². The van der Waals surface area contributed by atoms with Gasteiger partial charge in [0.05, 0.1) is 0 Å². The SMILES string of the molecule is CC(C)(C)OC(=O)N1CCC(c2[nH]c(-c3ccc(Cl)cc3)nc2-c2ncccn2)CC1.Clc1ccc(-c2nc(-c3ncccn3)c(C3CCNCC3)[nH]2)cc1. The van der Waals surface area contributed by atoms with E-state index in [4.69, 9.17) is 37.9 Å². The van der Waals surface area contributed by atoms with Gasteiger partial charge in [-0.2, -0.15) is 0 Å². The Morgan fingerprint density at radius 2 is 1.09 bits per heavy atom. The zero-order valence-electron chi connectivity index (χ0n) is 31.1. The second-order valence-corrected chi connectivity index (χ2v) is 15.5. The molecule has 0 atom stereocenters. The Morgan fingerprint density at radius 3 is 1.51 bits per heavy atom. The van der Waals surface area contributed by atoms with Gasteiger partial charge in [0.15, 0.2) is 11.6 Å². The topological polar surface area (TPSA) is 150 Å². The van der Waals surface area contributed by atoms with Gasteiger partial charge in [0.25, 0.3) is 0 Å². The van der Waals surface area contributed by atoms with Gasteiger partial charge in [0.2, 0.25) is 0 Å². The summed E-state index contributed by atoms with van der Waals surface area (Å²) in [5, 5.41) is 4.80. The second-order valence-electron chi connectivity index (χ2n) is 14.6. The average molecular weight is 780 g/mol. The highest BCUT2D eigenvalue weighted by Crippen LogP contribution is 2.36. The van der Waals surface area contributed by atoms with Gasteiger partial charge in [-0.05, 0) is 120 Å². The minimum absolute atomic E-state index is 0.214. The van der Waals surface area contributed by atoms with Crippen molar-refractivity contribution in [3.63, 3.8) is 0 Å². The lowest BCUT2D eigenvalue weighted by molar-refractivity contribution is 0.0204. The number of amides is 1. The highest BCUT2D eigenvalue weighted by Gasteiger charge is 2.31. The van der Waals surface area contributed by atoms with Crippen molar-refractivity contribution in [1.82, 2.24) is 50.1 Å². The van der Waals surface area contributed by atoms with E-state index in [1.165, 1.54) is 0 Å². The minimum Gasteiger partial charge on any atom is -0.444 e. The zero-order chi connectivity index (χ0) is 38.4. The molecule has 284 valence electrons. The minimum atomic E-state index is -0.497. The summed E-state index contributed by atoms with van der Waals surface area (Å²) in [6.45, 7) is 8.95. The fourth-order valence-corrected chi connectivity index (χ4v) is 7.08. The molecular formula is C41H44Cl2N10O2. The molecule has 0 saturated carbocycles. The molecule has 2 aliphatic rings. The van der Waals surface area contributed by atoms with Crippen LogP contribution in [0.2, 0.25) is 10.0 Å². The average Bonchev–Trinajstić information content (AvgIpc) is 3.86. The lowest BCUT2D eigenvalue weighted by Gasteiger charge is -2.33. The number of benzene rings is 2. The number of rotatable bonds is 6. The van der Waals surface area contributed by atoms with Crippen molar-refractivity contribution in [2.75, 3.05) is 26.2 Å². The summed E-state index contributed by atoms with van der Waals surface area (Å²) in [6.07, 6.45) is 10.5. The number of imidazole rings is 2. The van der Waals surface area contributed by atoms with Crippen LogP contribution in [0, 0.1) is 0 Å². The van der Waals surface area contributed by atoms with Crippen LogP contribution in [-0.2, 0) is 4.74 Å². The number of carbonyl (C=O) groups excluding carboxylic acids is 1. The number of aromatic nitrogens is 8. The van der Waals surface area contributed by atoms with Crippen molar-refractivity contribution in [2.45, 2.75) is 63.9 Å². The number of piperidine rings is 2. The molecule has 2 saturated heterocycles. The maximum atomic E-state index is 12.4. The van der Waals surface area contributed by atoms with Crippen LogP contribution in [0.25, 0.3) is 45.8 Å². The molecule has 14 heteroatoms. The summed E-state index contributed by atoms with van der Waals surface area (Å²) in [5.41, 5.74) is 5.19. The molecule has 6 heterocycles. The van der Waals surface area contributed by atoms with Crippen LogP contribution in [0.15, 0.2) is 85.5 Å². The van der Waals surface area contributed by atoms with Gasteiger partial charge in [0.1, 0.15) is 28.6 Å². The molecule has 3 N–H and O–H groups in total. The van der Waals surface area contributed by atoms with Gasteiger partial charge in [-0.25, -0.2) is 34.7 Å². The summed E-state index contributed by atoms with van der Waals surface area (Å²) in [7, 11) is 0. The van der Waals surface area contributed by atoms with Crippen molar-refractivity contribution in [3.8, 4) is 45.8 Å². The molecule has 0 spiro atoms. The Labute approximate surface area is 330 Å². The van der Waals surface area contributed by atoms with E-state index in [-0.39, 0.29) is 12.0 Å². The lowest BCUT2D eigenvalue weighted by Crippen LogP contribution is -2.41. The number of carbonyl (C=O) groups is 1. The van der Waals surface area contributed by atoms with E-state index in [1.54, 1.807) is 35.8 Å². The van der Waals surface area contributed by atoms with E-state index in [2.05, 4.69) is 35.2 Å². The molecule has 8 rings (SSSR count). The fourth-order valence-electron chi connectivity index (χ4n) is 6.82. The zero-order valence-corrected chi connectivity index (χ0v) is 32.6. The van der Waals surface area contributed by atoms with E-state index in [1.807, 2.05) is 75.4 Å². The normalized spacial score (nSPS) is 15.3. The predicted molar refractivity (Wildman–Crippen MR) is 215 cm³/mol. The molecule has 55 heavy (non-hydrogen) atoms. The van der Waals surface area contributed by atoms with Crippen molar-refractivity contribution in [3.05, 3.63) is 107 Å². The van der Waals surface area contributed by atoms with Crippen LogP contribution in [0.5, 0.6) is 0 Å². The summed E-state index contributed by atoms with van der Waals surface area (Å²) in [5.74, 6) is 3.50. The lowest BCUT2D eigenvalue weighted by atomic mass is 9.92. The van der Waals surface area contributed by atoms with Crippen LogP contribution in [0.4, 0.5) is 4.79 Å². The van der Waals surface area contributed by atoms with Crippen LogP contribution in [-0.4, -0.2) is 82.6 Å². The number of hydrogen-bond acceptors (Lipinski definition) is 9. The smallest absolute Gasteiger partial charge is 0.410 e. The van der Waals surface area contributed by atoms with Crippen LogP contribution >= 0.6 is 23.2 Å². The van der Waals surface area contributed by atoms with E-state index in [0.717, 1.165) is 89.3 Å². The number of aromatic amines is 2. The Balaban J connectivity index is 0.000000174. The molecule has 2 aromatic carbocycles. The monoisotopic (exact) mass is 778 g/mol. The Kier molecular flexibility index (Phi) is 11.8. The number of hydrogen-bond donors (Lipinski definition) is 3. The van der Waals surface area contributed by atoms with E-state index in [0.29, 0.717) is 35.7 Å². The van der Waals surface area contributed by atoms with Gasteiger partial charge >= 0.3 is 6.09 Å².